The Balaban J connectivity index is 0.00000245. The SMILES string of the molecule is CC(C)n1c(=O)c(C(=O)NCCCN2C3CC4CC(C3)CC2C4)c(O)c2ccccc21.Cl. The van der Waals surface area contributed by atoms with Gasteiger partial charge < -0.3 is 15.0 Å². The maximum absolute atomic E-state index is 13.1. The van der Waals surface area contributed by atoms with E-state index in [9.17, 15) is 14.7 Å². The number of piperidine rings is 2. The maximum atomic E-state index is 13.1. The summed E-state index contributed by atoms with van der Waals surface area (Å²) < 4.78 is 1.59. The van der Waals surface area contributed by atoms with Crippen molar-refractivity contribution in [3.05, 3.63) is 40.2 Å². The molecule has 1 aromatic heterocycles. The van der Waals surface area contributed by atoms with Crippen LogP contribution >= 0.6 is 12.4 Å². The van der Waals surface area contributed by atoms with E-state index in [1.807, 2.05) is 19.9 Å². The number of benzene rings is 1. The van der Waals surface area contributed by atoms with Crippen LogP contribution in [-0.2, 0) is 0 Å². The molecule has 2 saturated carbocycles. The molecular weight excluding hydrogens is 426 g/mol. The molecule has 2 saturated heterocycles. The molecule has 7 heteroatoms. The molecule has 2 aliphatic carbocycles. The number of hydrogen-bond donors (Lipinski definition) is 2. The van der Waals surface area contributed by atoms with Crippen molar-refractivity contribution in [1.29, 1.82) is 0 Å². The normalized spacial score (nSPS) is 26.5. The number of halogens is 1. The number of carbonyl (C=O) groups excluding carboxylic acids is 1. The fourth-order valence-corrected chi connectivity index (χ4v) is 6.60. The first-order chi connectivity index (χ1) is 14.9. The van der Waals surface area contributed by atoms with Crippen LogP contribution in [0.2, 0.25) is 0 Å². The maximum Gasteiger partial charge on any atom is 0.267 e. The van der Waals surface area contributed by atoms with Crippen molar-refractivity contribution in [2.75, 3.05) is 13.1 Å². The van der Waals surface area contributed by atoms with Crippen LogP contribution in [0.25, 0.3) is 10.9 Å². The topological polar surface area (TPSA) is 74.6 Å². The van der Waals surface area contributed by atoms with Crippen LogP contribution < -0.4 is 10.9 Å². The van der Waals surface area contributed by atoms with Crippen molar-refractivity contribution in [2.45, 2.75) is 70.5 Å². The van der Waals surface area contributed by atoms with Crippen LogP contribution in [0.1, 0.15) is 68.8 Å². The van der Waals surface area contributed by atoms with E-state index >= 15 is 0 Å². The fraction of sp³-hybridized carbons (Fsp3) is 0.600. The quantitative estimate of drug-likeness (QED) is 0.638. The van der Waals surface area contributed by atoms with Gasteiger partial charge in [0.2, 0.25) is 0 Å². The van der Waals surface area contributed by atoms with Gasteiger partial charge in [-0.25, -0.2) is 0 Å². The molecule has 4 fully saturated rings. The van der Waals surface area contributed by atoms with Gasteiger partial charge in [0, 0.05) is 36.6 Å². The fourth-order valence-electron chi connectivity index (χ4n) is 6.60. The largest absolute Gasteiger partial charge is 0.506 e. The van der Waals surface area contributed by atoms with Crippen molar-refractivity contribution in [3.63, 3.8) is 0 Å². The average molecular weight is 460 g/mol. The molecule has 2 aliphatic heterocycles. The van der Waals surface area contributed by atoms with Crippen LogP contribution in [0.4, 0.5) is 0 Å². The van der Waals surface area contributed by atoms with Crippen LogP contribution in [0.5, 0.6) is 5.75 Å². The molecule has 2 aromatic rings. The summed E-state index contributed by atoms with van der Waals surface area (Å²) in [5, 5.41) is 14.1. The van der Waals surface area contributed by atoms with E-state index in [0.717, 1.165) is 36.9 Å². The highest BCUT2D eigenvalue weighted by atomic mass is 35.5. The number of carbonyl (C=O) groups is 1. The zero-order valence-corrected chi connectivity index (χ0v) is 19.7. The molecule has 6 nitrogen and oxygen atoms in total. The van der Waals surface area contributed by atoms with E-state index in [0.29, 0.717) is 17.4 Å². The number of nitrogens with zero attached hydrogens (tertiary/aromatic N) is 2. The molecule has 6 rings (SSSR count). The van der Waals surface area contributed by atoms with Crippen LogP contribution in [-0.4, -0.2) is 45.7 Å². The van der Waals surface area contributed by atoms with Gasteiger partial charge in [0.25, 0.3) is 11.5 Å². The Kier molecular flexibility index (Phi) is 6.55. The number of nitrogens with one attached hydrogen (secondary N) is 1. The molecule has 0 unspecified atom stereocenters. The third kappa shape index (κ3) is 3.92. The molecule has 4 bridgehead atoms. The van der Waals surface area contributed by atoms with E-state index in [1.165, 1.54) is 32.1 Å². The highest BCUT2D eigenvalue weighted by molar-refractivity contribution is 6.02. The van der Waals surface area contributed by atoms with Gasteiger partial charge in [0.1, 0.15) is 11.3 Å². The second-order valence-electron chi connectivity index (χ2n) is 10.1. The summed E-state index contributed by atoms with van der Waals surface area (Å²) in [6.07, 6.45) is 7.69. The number of fused-ring (bicyclic) bond motifs is 1. The Morgan fingerprint density at radius 1 is 1.09 bits per heavy atom. The highest BCUT2D eigenvalue weighted by Gasteiger charge is 2.46. The van der Waals surface area contributed by atoms with Gasteiger partial charge in [0.15, 0.2) is 0 Å². The number of amides is 1. The molecular formula is C25H34ClN3O3. The predicted octanol–water partition coefficient (Wildman–Crippen LogP) is 4.09. The van der Waals surface area contributed by atoms with Crippen molar-refractivity contribution in [3.8, 4) is 5.75 Å². The zero-order valence-electron chi connectivity index (χ0n) is 18.9. The number of hydrogen-bond acceptors (Lipinski definition) is 4. The molecule has 1 aromatic carbocycles. The number of para-hydroxylation sites is 1. The lowest BCUT2D eigenvalue weighted by Crippen LogP contribution is -2.58. The third-order valence-corrected chi connectivity index (χ3v) is 7.74. The van der Waals surface area contributed by atoms with Gasteiger partial charge in [-0.2, -0.15) is 0 Å². The summed E-state index contributed by atoms with van der Waals surface area (Å²) in [6, 6.07) is 8.54. The number of aromatic nitrogens is 1. The van der Waals surface area contributed by atoms with Crippen LogP contribution in [0.15, 0.2) is 29.1 Å². The minimum absolute atomic E-state index is 0. The van der Waals surface area contributed by atoms with Gasteiger partial charge in [-0.3, -0.25) is 14.5 Å². The lowest BCUT2D eigenvalue weighted by atomic mass is 9.63. The average Bonchev–Trinajstić information content (AvgIpc) is 2.72. The molecule has 0 radical (unpaired) electrons. The van der Waals surface area contributed by atoms with E-state index in [4.69, 9.17) is 0 Å². The minimum atomic E-state index is -0.484. The van der Waals surface area contributed by atoms with Crippen LogP contribution in [0.3, 0.4) is 0 Å². The van der Waals surface area contributed by atoms with Crippen molar-refractivity contribution >= 4 is 29.2 Å². The first kappa shape index (κ1) is 23.1. The summed E-state index contributed by atoms with van der Waals surface area (Å²) in [5.74, 6) is 1.18. The Bertz CT molecular complexity index is 1040. The van der Waals surface area contributed by atoms with Crippen LogP contribution in [0, 0.1) is 11.8 Å². The Labute approximate surface area is 195 Å². The summed E-state index contributed by atoms with van der Waals surface area (Å²) >= 11 is 0. The second kappa shape index (κ2) is 9.06. The molecule has 4 aliphatic rings. The Morgan fingerprint density at radius 3 is 2.34 bits per heavy atom. The first-order valence-corrected chi connectivity index (χ1v) is 11.8. The predicted molar refractivity (Wildman–Crippen MR) is 129 cm³/mol. The lowest BCUT2D eigenvalue weighted by Gasteiger charge is -2.56. The number of pyridine rings is 1. The Morgan fingerprint density at radius 2 is 1.72 bits per heavy atom. The summed E-state index contributed by atoms with van der Waals surface area (Å²) in [7, 11) is 0. The van der Waals surface area contributed by atoms with Gasteiger partial charge in [-0.05, 0) is 76.3 Å². The lowest BCUT2D eigenvalue weighted by molar-refractivity contribution is -0.0587. The van der Waals surface area contributed by atoms with E-state index in [2.05, 4.69) is 10.2 Å². The molecule has 0 atom stereocenters. The smallest absolute Gasteiger partial charge is 0.267 e. The zero-order chi connectivity index (χ0) is 21.7. The first-order valence-electron chi connectivity index (χ1n) is 11.8. The molecule has 1 amide bonds. The summed E-state index contributed by atoms with van der Waals surface area (Å²) in [4.78, 5) is 28.6. The monoisotopic (exact) mass is 459 g/mol. The minimum Gasteiger partial charge on any atom is -0.506 e. The van der Waals surface area contributed by atoms with Crippen molar-refractivity contribution < 1.29 is 9.90 Å². The Hall–Kier alpha value is -2.05. The van der Waals surface area contributed by atoms with Crippen molar-refractivity contribution in [1.82, 2.24) is 14.8 Å². The van der Waals surface area contributed by atoms with E-state index in [-0.39, 0.29) is 29.8 Å². The van der Waals surface area contributed by atoms with Crippen molar-refractivity contribution in [2.24, 2.45) is 11.8 Å². The van der Waals surface area contributed by atoms with Gasteiger partial charge in [-0.15, -0.1) is 12.4 Å². The van der Waals surface area contributed by atoms with Gasteiger partial charge in [0.05, 0.1) is 5.52 Å². The summed E-state index contributed by atoms with van der Waals surface area (Å²) in [6.45, 7) is 5.32. The second-order valence-corrected chi connectivity index (χ2v) is 10.1. The molecule has 32 heavy (non-hydrogen) atoms. The summed E-state index contributed by atoms with van der Waals surface area (Å²) in [5.41, 5.74) is 0.0575. The van der Waals surface area contributed by atoms with E-state index < -0.39 is 11.5 Å². The molecule has 3 heterocycles. The van der Waals surface area contributed by atoms with Gasteiger partial charge >= 0.3 is 0 Å². The molecule has 0 spiro atoms. The standard InChI is InChI=1S/C25H33N3O3.ClH/c1-15(2)28-21-7-4-3-6-20(21)23(29)22(25(28)31)24(30)26-8-5-9-27-18-11-16-10-17(13-18)14-19(27)12-16;/h3-4,6-7,15-19,29H,5,8-14H2,1-2H3,(H,26,30);1H. The van der Waals surface area contributed by atoms with Gasteiger partial charge in [-0.1, -0.05) is 12.1 Å². The number of rotatable bonds is 6. The van der Waals surface area contributed by atoms with E-state index in [1.54, 1.807) is 22.8 Å². The molecule has 174 valence electrons. The molecule has 2 N–H and O–H groups in total. The number of aromatic hydroxyl groups is 1. The third-order valence-electron chi connectivity index (χ3n) is 7.74. The highest BCUT2D eigenvalue weighted by Crippen LogP contribution is 2.49.